The topological polar surface area (TPSA) is 44.4 Å². The highest BCUT2D eigenvalue weighted by molar-refractivity contribution is 5.95. The van der Waals surface area contributed by atoms with E-state index in [4.69, 9.17) is 0 Å². The van der Waals surface area contributed by atoms with E-state index in [-0.39, 0.29) is 11.9 Å². The van der Waals surface area contributed by atoms with Crippen LogP contribution in [0, 0.1) is 0 Å². The van der Waals surface area contributed by atoms with Crippen LogP contribution in [0.15, 0.2) is 24.3 Å². The van der Waals surface area contributed by atoms with Gasteiger partial charge in [-0.05, 0) is 62.9 Å². The van der Waals surface area contributed by atoms with E-state index in [0.717, 1.165) is 38.2 Å². The SMILES string of the molecule is O=C(Nc1ccc(N2CCCCC2)cc1)[C@@H]1CCCN1. The number of hydrogen-bond acceptors (Lipinski definition) is 3. The molecule has 2 heterocycles. The van der Waals surface area contributed by atoms with Gasteiger partial charge in [-0.25, -0.2) is 0 Å². The first-order chi connectivity index (χ1) is 9.83. The lowest BCUT2D eigenvalue weighted by Gasteiger charge is -2.28. The Balaban J connectivity index is 1.59. The van der Waals surface area contributed by atoms with Crippen molar-refractivity contribution in [2.45, 2.75) is 38.1 Å². The molecule has 0 aromatic heterocycles. The summed E-state index contributed by atoms with van der Waals surface area (Å²) in [5, 5.41) is 6.21. The largest absolute Gasteiger partial charge is 0.372 e. The van der Waals surface area contributed by atoms with Crippen LogP contribution in [0.4, 0.5) is 11.4 Å². The highest BCUT2D eigenvalue weighted by Crippen LogP contribution is 2.22. The van der Waals surface area contributed by atoms with Crippen LogP contribution in [0.5, 0.6) is 0 Å². The third-order valence-electron chi connectivity index (χ3n) is 4.23. The Morgan fingerprint density at radius 2 is 1.85 bits per heavy atom. The van der Waals surface area contributed by atoms with E-state index in [1.54, 1.807) is 0 Å². The molecule has 2 fully saturated rings. The lowest BCUT2D eigenvalue weighted by Crippen LogP contribution is -2.35. The molecule has 0 spiro atoms. The van der Waals surface area contributed by atoms with Crippen molar-refractivity contribution in [1.29, 1.82) is 0 Å². The molecule has 2 saturated heterocycles. The molecule has 2 aliphatic heterocycles. The number of benzene rings is 1. The van der Waals surface area contributed by atoms with Gasteiger partial charge in [0, 0.05) is 24.5 Å². The maximum atomic E-state index is 12.0. The summed E-state index contributed by atoms with van der Waals surface area (Å²) in [6.45, 7) is 3.25. The lowest BCUT2D eigenvalue weighted by molar-refractivity contribution is -0.117. The first-order valence-corrected chi connectivity index (χ1v) is 7.72. The summed E-state index contributed by atoms with van der Waals surface area (Å²) in [5.41, 5.74) is 2.16. The van der Waals surface area contributed by atoms with Gasteiger partial charge in [-0.2, -0.15) is 0 Å². The molecule has 4 heteroatoms. The Labute approximate surface area is 120 Å². The number of carbonyl (C=O) groups is 1. The van der Waals surface area contributed by atoms with Crippen molar-refractivity contribution in [2.75, 3.05) is 29.9 Å². The summed E-state index contributed by atoms with van der Waals surface area (Å²) in [7, 11) is 0. The molecule has 20 heavy (non-hydrogen) atoms. The van der Waals surface area contributed by atoms with Crippen LogP contribution in [-0.2, 0) is 4.79 Å². The quantitative estimate of drug-likeness (QED) is 0.888. The van der Waals surface area contributed by atoms with E-state index in [0.29, 0.717) is 0 Å². The van der Waals surface area contributed by atoms with Crippen LogP contribution >= 0.6 is 0 Å². The molecule has 1 aromatic carbocycles. The zero-order valence-corrected chi connectivity index (χ0v) is 11.9. The molecule has 0 radical (unpaired) electrons. The van der Waals surface area contributed by atoms with Crippen molar-refractivity contribution >= 4 is 17.3 Å². The Kier molecular flexibility index (Phi) is 4.21. The molecule has 0 unspecified atom stereocenters. The Morgan fingerprint density at radius 1 is 1.10 bits per heavy atom. The van der Waals surface area contributed by atoms with Crippen molar-refractivity contribution in [1.82, 2.24) is 5.32 Å². The van der Waals surface area contributed by atoms with Gasteiger partial charge in [0.1, 0.15) is 0 Å². The normalized spacial score (nSPS) is 22.8. The summed E-state index contributed by atoms with van der Waals surface area (Å²) in [6, 6.07) is 8.23. The van der Waals surface area contributed by atoms with Gasteiger partial charge in [0.15, 0.2) is 0 Å². The number of nitrogens with one attached hydrogen (secondary N) is 2. The first kappa shape index (κ1) is 13.4. The first-order valence-electron chi connectivity index (χ1n) is 7.72. The predicted molar refractivity (Wildman–Crippen MR) is 82.2 cm³/mol. The average Bonchev–Trinajstić information content (AvgIpc) is 3.03. The average molecular weight is 273 g/mol. The van der Waals surface area contributed by atoms with Gasteiger partial charge in [-0.15, -0.1) is 0 Å². The number of anilines is 2. The smallest absolute Gasteiger partial charge is 0.241 e. The number of nitrogens with zero attached hydrogens (tertiary/aromatic N) is 1. The number of piperidine rings is 1. The van der Waals surface area contributed by atoms with Crippen molar-refractivity contribution in [3.05, 3.63) is 24.3 Å². The molecule has 0 aliphatic carbocycles. The maximum Gasteiger partial charge on any atom is 0.241 e. The molecule has 0 bridgehead atoms. The van der Waals surface area contributed by atoms with Gasteiger partial charge in [0.05, 0.1) is 6.04 Å². The molecule has 1 atom stereocenters. The number of rotatable bonds is 3. The van der Waals surface area contributed by atoms with Crippen LogP contribution in [0.2, 0.25) is 0 Å². The molecule has 2 N–H and O–H groups in total. The standard InChI is InChI=1S/C16H23N3O/c20-16(15-5-4-10-17-15)18-13-6-8-14(9-7-13)19-11-2-1-3-12-19/h6-9,15,17H,1-5,10-12H2,(H,18,20)/t15-/m0/s1. The van der Waals surface area contributed by atoms with E-state index >= 15 is 0 Å². The second-order valence-corrected chi connectivity index (χ2v) is 5.73. The zero-order valence-electron chi connectivity index (χ0n) is 11.9. The van der Waals surface area contributed by atoms with E-state index in [1.165, 1.54) is 24.9 Å². The van der Waals surface area contributed by atoms with E-state index in [2.05, 4.69) is 27.7 Å². The summed E-state index contributed by atoms with van der Waals surface area (Å²) >= 11 is 0. The van der Waals surface area contributed by atoms with Crippen molar-refractivity contribution < 1.29 is 4.79 Å². The van der Waals surface area contributed by atoms with Crippen LogP contribution in [0.1, 0.15) is 32.1 Å². The molecule has 3 rings (SSSR count). The molecule has 0 saturated carbocycles. The monoisotopic (exact) mass is 273 g/mol. The van der Waals surface area contributed by atoms with Gasteiger partial charge >= 0.3 is 0 Å². The Bertz CT molecular complexity index is 445. The summed E-state index contributed by atoms with van der Waals surface area (Å²) in [5.74, 6) is 0.0909. The van der Waals surface area contributed by atoms with Crippen LogP contribution in [0.3, 0.4) is 0 Å². The number of carbonyl (C=O) groups excluding carboxylic acids is 1. The molecule has 2 aliphatic rings. The molecule has 1 aromatic rings. The number of hydrogen-bond donors (Lipinski definition) is 2. The summed E-state index contributed by atoms with van der Waals surface area (Å²) in [4.78, 5) is 14.4. The van der Waals surface area contributed by atoms with Crippen LogP contribution < -0.4 is 15.5 Å². The molecule has 4 nitrogen and oxygen atoms in total. The highest BCUT2D eigenvalue weighted by atomic mass is 16.2. The minimum Gasteiger partial charge on any atom is -0.372 e. The third kappa shape index (κ3) is 3.12. The van der Waals surface area contributed by atoms with Gasteiger partial charge in [0.2, 0.25) is 5.91 Å². The van der Waals surface area contributed by atoms with Gasteiger partial charge < -0.3 is 15.5 Å². The zero-order chi connectivity index (χ0) is 13.8. The van der Waals surface area contributed by atoms with Crippen molar-refractivity contribution in [3.63, 3.8) is 0 Å². The summed E-state index contributed by atoms with van der Waals surface area (Å²) in [6.07, 6.45) is 5.94. The predicted octanol–water partition coefficient (Wildman–Crippen LogP) is 2.37. The maximum absolute atomic E-state index is 12.0. The lowest BCUT2D eigenvalue weighted by atomic mass is 10.1. The fraction of sp³-hybridized carbons (Fsp3) is 0.562. The molecule has 108 valence electrons. The minimum atomic E-state index is -0.0169. The molecule has 1 amide bonds. The molecular weight excluding hydrogens is 250 g/mol. The second kappa shape index (κ2) is 6.27. The van der Waals surface area contributed by atoms with Gasteiger partial charge in [0.25, 0.3) is 0 Å². The van der Waals surface area contributed by atoms with Gasteiger partial charge in [-0.1, -0.05) is 0 Å². The van der Waals surface area contributed by atoms with Gasteiger partial charge in [-0.3, -0.25) is 4.79 Å². The minimum absolute atomic E-state index is 0.0169. The summed E-state index contributed by atoms with van der Waals surface area (Å²) < 4.78 is 0. The van der Waals surface area contributed by atoms with E-state index in [9.17, 15) is 4.79 Å². The molecular formula is C16H23N3O. The van der Waals surface area contributed by atoms with Crippen molar-refractivity contribution in [3.8, 4) is 0 Å². The van der Waals surface area contributed by atoms with Crippen LogP contribution in [-0.4, -0.2) is 31.6 Å². The third-order valence-corrected chi connectivity index (χ3v) is 4.23. The fourth-order valence-corrected chi connectivity index (χ4v) is 3.05. The number of amides is 1. The van der Waals surface area contributed by atoms with Crippen molar-refractivity contribution in [2.24, 2.45) is 0 Å². The Morgan fingerprint density at radius 3 is 2.50 bits per heavy atom. The van der Waals surface area contributed by atoms with Crippen LogP contribution in [0.25, 0.3) is 0 Å². The van der Waals surface area contributed by atoms with E-state index in [1.807, 2.05) is 12.1 Å². The second-order valence-electron chi connectivity index (χ2n) is 5.73. The highest BCUT2D eigenvalue weighted by Gasteiger charge is 2.21. The fourth-order valence-electron chi connectivity index (χ4n) is 3.05. The Hall–Kier alpha value is -1.55. The van der Waals surface area contributed by atoms with E-state index < -0.39 is 0 Å².